The molecule has 0 aromatic heterocycles. The lowest BCUT2D eigenvalue weighted by Gasteiger charge is -2.25. The van der Waals surface area contributed by atoms with Crippen molar-refractivity contribution in [3.63, 3.8) is 0 Å². The molecule has 2 rings (SSSR count). The Morgan fingerprint density at radius 1 is 1.27 bits per heavy atom. The molecular weight excluding hydrogens is 369 g/mol. The van der Waals surface area contributed by atoms with E-state index < -0.39 is 28.2 Å². The highest BCUT2D eigenvalue weighted by atomic mass is 32.2. The Bertz CT molecular complexity index is 699. The Morgan fingerprint density at radius 3 is 2.46 bits per heavy atom. The van der Waals surface area contributed by atoms with E-state index in [0.29, 0.717) is 5.56 Å². The van der Waals surface area contributed by atoms with Crippen molar-refractivity contribution in [3.8, 4) is 0 Å². The molecule has 1 saturated carbocycles. The summed E-state index contributed by atoms with van der Waals surface area (Å²) in [6, 6.07) is 3.79. The van der Waals surface area contributed by atoms with Crippen LogP contribution in [-0.2, 0) is 32.2 Å². The summed E-state index contributed by atoms with van der Waals surface area (Å²) in [5, 5.41) is 0. The SMILES string of the molecule is CCC(=O)OCC(c1ccc(C[SH](=O)=O)c(C(F)(F)F)c1)C1CCCC1. The molecule has 146 valence electrons. The zero-order valence-corrected chi connectivity index (χ0v) is 15.4. The molecule has 0 bridgehead atoms. The third-order valence-electron chi connectivity index (χ3n) is 4.85. The molecular formula is C18H23F3O4S. The van der Waals surface area contributed by atoms with Crippen LogP contribution >= 0.6 is 0 Å². The van der Waals surface area contributed by atoms with Crippen molar-refractivity contribution >= 4 is 16.7 Å². The van der Waals surface area contributed by atoms with Crippen LogP contribution in [0.25, 0.3) is 0 Å². The zero-order valence-electron chi connectivity index (χ0n) is 14.6. The minimum Gasteiger partial charge on any atom is -0.465 e. The van der Waals surface area contributed by atoms with Gasteiger partial charge in [0.2, 0.25) is 0 Å². The van der Waals surface area contributed by atoms with E-state index in [2.05, 4.69) is 0 Å². The molecule has 8 heteroatoms. The van der Waals surface area contributed by atoms with Crippen LogP contribution < -0.4 is 0 Å². The molecule has 1 aromatic carbocycles. The number of hydrogen-bond donors (Lipinski definition) is 1. The normalized spacial score (nSPS) is 16.8. The van der Waals surface area contributed by atoms with Crippen LogP contribution in [0.15, 0.2) is 18.2 Å². The molecule has 0 saturated heterocycles. The van der Waals surface area contributed by atoms with Gasteiger partial charge in [-0.3, -0.25) is 4.79 Å². The fourth-order valence-corrected chi connectivity index (χ4v) is 4.07. The van der Waals surface area contributed by atoms with Crippen LogP contribution in [0, 0.1) is 5.92 Å². The number of carbonyl (C=O) groups is 1. The van der Waals surface area contributed by atoms with Crippen molar-refractivity contribution in [1.82, 2.24) is 0 Å². The summed E-state index contributed by atoms with van der Waals surface area (Å²) < 4.78 is 67.2. The molecule has 26 heavy (non-hydrogen) atoms. The molecule has 0 radical (unpaired) electrons. The van der Waals surface area contributed by atoms with Crippen LogP contribution in [0.2, 0.25) is 0 Å². The monoisotopic (exact) mass is 392 g/mol. The third-order valence-corrected chi connectivity index (χ3v) is 5.45. The van der Waals surface area contributed by atoms with Crippen molar-refractivity contribution in [2.45, 2.75) is 56.9 Å². The Kier molecular flexibility index (Phi) is 7.08. The number of ether oxygens (including phenoxy) is 1. The molecule has 0 spiro atoms. The highest BCUT2D eigenvalue weighted by molar-refractivity contribution is 7.71. The fourth-order valence-electron chi connectivity index (χ4n) is 3.51. The van der Waals surface area contributed by atoms with Gasteiger partial charge in [-0.2, -0.15) is 13.2 Å². The van der Waals surface area contributed by atoms with Gasteiger partial charge in [-0.25, -0.2) is 8.42 Å². The minimum absolute atomic E-state index is 0.0454. The summed E-state index contributed by atoms with van der Waals surface area (Å²) in [7, 11) is -2.96. The quantitative estimate of drug-likeness (QED) is 0.562. The summed E-state index contributed by atoms with van der Waals surface area (Å²) in [6.07, 6.45) is -0.668. The van der Waals surface area contributed by atoms with Gasteiger partial charge in [0, 0.05) is 12.3 Å². The largest absolute Gasteiger partial charge is 0.465 e. The smallest absolute Gasteiger partial charge is 0.416 e. The van der Waals surface area contributed by atoms with Gasteiger partial charge in [0.15, 0.2) is 0 Å². The fraction of sp³-hybridized carbons (Fsp3) is 0.611. The van der Waals surface area contributed by atoms with Gasteiger partial charge in [0.05, 0.1) is 17.9 Å². The average molecular weight is 392 g/mol. The molecule has 1 atom stereocenters. The number of esters is 1. The molecule has 0 heterocycles. The van der Waals surface area contributed by atoms with Gasteiger partial charge in [-0.15, -0.1) is 0 Å². The molecule has 1 aromatic rings. The van der Waals surface area contributed by atoms with E-state index in [9.17, 15) is 26.4 Å². The molecule has 0 N–H and O–H groups in total. The average Bonchev–Trinajstić information content (AvgIpc) is 3.08. The first-order valence-electron chi connectivity index (χ1n) is 8.69. The van der Waals surface area contributed by atoms with E-state index in [1.165, 1.54) is 12.1 Å². The van der Waals surface area contributed by atoms with Gasteiger partial charge >= 0.3 is 12.1 Å². The number of thiol groups is 1. The van der Waals surface area contributed by atoms with Gasteiger partial charge in [-0.1, -0.05) is 31.9 Å². The van der Waals surface area contributed by atoms with Crippen molar-refractivity contribution < 1.29 is 31.1 Å². The Balaban J connectivity index is 2.38. The van der Waals surface area contributed by atoms with Crippen molar-refractivity contribution in [2.24, 2.45) is 5.92 Å². The van der Waals surface area contributed by atoms with E-state index in [1.807, 2.05) is 0 Å². The first kappa shape index (κ1) is 20.7. The Morgan fingerprint density at radius 2 is 1.92 bits per heavy atom. The van der Waals surface area contributed by atoms with E-state index >= 15 is 0 Å². The lowest BCUT2D eigenvalue weighted by atomic mass is 9.84. The van der Waals surface area contributed by atoms with Crippen molar-refractivity contribution in [3.05, 3.63) is 34.9 Å². The lowest BCUT2D eigenvalue weighted by molar-refractivity contribution is -0.144. The minimum atomic E-state index is -4.64. The van der Waals surface area contributed by atoms with Gasteiger partial charge in [0.1, 0.15) is 10.7 Å². The molecule has 0 amide bonds. The van der Waals surface area contributed by atoms with E-state index in [0.717, 1.165) is 31.7 Å². The van der Waals surface area contributed by atoms with Gasteiger partial charge < -0.3 is 4.74 Å². The van der Waals surface area contributed by atoms with Crippen LogP contribution in [-0.4, -0.2) is 21.0 Å². The predicted octanol–water partition coefficient (Wildman–Crippen LogP) is 4.04. The topological polar surface area (TPSA) is 60.4 Å². The Labute approximate surface area is 152 Å². The molecule has 1 aliphatic rings. The van der Waals surface area contributed by atoms with Gasteiger partial charge in [-0.05, 0) is 36.0 Å². The summed E-state index contributed by atoms with van der Waals surface area (Å²) in [6.45, 7) is 1.71. The number of halogens is 3. The summed E-state index contributed by atoms with van der Waals surface area (Å²) in [5.41, 5.74) is -0.745. The predicted molar refractivity (Wildman–Crippen MR) is 91.4 cm³/mol. The van der Waals surface area contributed by atoms with Crippen LogP contribution in [0.5, 0.6) is 0 Å². The van der Waals surface area contributed by atoms with Gasteiger partial charge in [0.25, 0.3) is 0 Å². The molecule has 1 unspecified atom stereocenters. The zero-order chi connectivity index (χ0) is 19.3. The second kappa shape index (κ2) is 8.88. The lowest BCUT2D eigenvalue weighted by Crippen LogP contribution is -2.20. The third kappa shape index (κ3) is 5.46. The highest BCUT2D eigenvalue weighted by Gasteiger charge is 2.35. The highest BCUT2D eigenvalue weighted by Crippen LogP contribution is 2.40. The molecule has 4 nitrogen and oxygen atoms in total. The maximum Gasteiger partial charge on any atom is 0.416 e. The second-order valence-electron chi connectivity index (χ2n) is 6.59. The summed E-state index contributed by atoms with van der Waals surface area (Å²) in [4.78, 5) is 11.5. The summed E-state index contributed by atoms with van der Waals surface area (Å²) in [5.74, 6) is -1.19. The number of hydrogen-bond acceptors (Lipinski definition) is 4. The van der Waals surface area contributed by atoms with Crippen LogP contribution in [0.4, 0.5) is 13.2 Å². The van der Waals surface area contributed by atoms with E-state index in [-0.39, 0.29) is 36.4 Å². The maximum atomic E-state index is 13.4. The van der Waals surface area contributed by atoms with Crippen molar-refractivity contribution in [1.29, 1.82) is 0 Å². The maximum absolute atomic E-state index is 13.4. The molecule has 1 aliphatic carbocycles. The van der Waals surface area contributed by atoms with Crippen LogP contribution in [0.1, 0.15) is 61.6 Å². The first-order chi connectivity index (χ1) is 12.2. The summed E-state index contributed by atoms with van der Waals surface area (Å²) >= 11 is 0. The van der Waals surface area contributed by atoms with E-state index in [4.69, 9.17) is 4.74 Å². The standard InChI is InChI=1S/C18H23F3O4S/c1-2-17(22)25-10-15(12-5-3-4-6-12)13-7-8-14(11-26(23)24)16(9-13)18(19,20)21/h7-9,12,15,26H,2-6,10-11H2,1H3. The first-order valence-corrected chi connectivity index (χ1v) is 10.1. The Hall–Kier alpha value is -1.57. The number of alkyl halides is 3. The molecule has 0 aliphatic heterocycles. The van der Waals surface area contributed by atoms with Crippen molar-refractivity contribution in [2.75, 3.05) is 6.61 Å². The van der Waals surface area contributed by atoms with E-state index in [1.54, 1.807) is 6.92 Å². The number of carbonyl (C=O) groups excluding carboxylic acids is 1. The van der Waals surface area contributed by atoms with Crippen LogP contribution in [0.3, 0.4) is 0 Å². The number of rotatable bonds is 7. The number of benzene rings is 1. The second-order valence-corrected chi connectivity index (χ2v) is 7.57. The molecule has 1 fully saturated rings.